The minimum Gasteiger partial charge on any atom is -0.487 e. The van der Waals surface area contributed by atoms with E-state index in [-0.39, 0.29) is 6.10 Å². The lowest BCUT2D eigenvalue weighted by molar-refractivity contribution is 0.0317. The maximum atomic E-state index is 9.87. The fraction of sp³-hybridized carbons (Fsp3) is 0.421. The average Bonchev–Trinajstić information content (AvgIpc) is 2.58. The van der Waals surface area contributed by atoms with Crippen LogP contribution in [-0.4, -0.2) is 34.2 Å². The van der Waals surface area contributed by atoms with Crippen molar-refractivity contribution in [3.05, 3.63) is 59.9 Å². The van der Waals surface area contributed by atoms with Gasteiger partial charge in [0.15, 0.2) is 0 Å². The van der Waals surface area contributed by atoms with Gasteiger partial charge in [-0.25, -0.2) is 0 Å². The number of pyridine rings is 1. The highest BCUT2D eigenvalue weighted by atomic mass is 16.5. The molecule has 0 radical (unpaired) electrons. The zero-order valence-electron chi connectivity index (χ0n) is 13.6. The zero-order valence-corrected chi connectivity index (χ0v) is 13.6. The van der Waals surface area contributed by atoms with Crippen molar-refractivity contribution >= 4 is 0 Å². The largest absolute Gasteiger partial charge is 0.487 e. The molecule has 1 N–H and O–H groups in total. The van der Waals surface area contributed by atoms with Crippen LogP contribution in [0.15, 0.2) is 48.7 Å². The second kappa shape index (κ2) is 7.57. The van der Waals surface area contributed by atoms with Gasteiger partial charge in [-0.15, -0.1) is 0 Å². The number of aliphatic hydroxyl groups is 1. The van der Waals surface area contributed by atoms with Crippen molar-refractivity contribution in [2.24, 2.45) is 5.92 Å². The van der Waals surface area contributed by atoms with Gasteiger partial charge in [0, 0.05) is 31.4 Å². The zero-order chi connectivity index (χ0) is 16.1. The number of aromatic nitrogens is 1. The highest BCUT2D eigenvalue weighted by Crippen LogP contribution is 2.24. The summed E-state index contributed by atoms with van der Waals surface area (Å²) in [5.41, 5.74) is 2.11. The van der Waals surface area contributed by atoms with Crippen molar-refractivity contribution in [3.63, 3.8) is 0 Å². The first kappa shape index (κ1) is 16.0. The molecule has 1 aromatic carbocycles. The molecule has 1 aliphatic rings. The number of likely N-dealkylation sites (tertiary alicyclic amines) is 1. The van der Waals surface area contributed by atoms with Crippen LogP contribution in [0.2, 0.25) is 0 Å². The van der Waals surface area contributed by atoms with Gasteiger partial charge in [0.1, 0.15) is 12.4 Å². The fourth-order valence-corrected chi connectivity index (χ4v) is 3.01. The van der Waals surface area contributed by atoms with Gasteiger partial charge >= 0.3 is 0 Å². The number of hydrogen-bond donors (Lipinski definition) is 1. The van der Waals surface area contributed by atoms with E-state index in [1.165, 1.54) is 5.56 Å². The lowest BCUT2D eigenvalue weighted by Crippen LogP contribution is -2.41. The van der Waals surface area contributed by atoms with Crippen LogP contribution in [0.1, 0.15) is 24.6 Å². The smallest absolute Gasteiger partial charge is 0.130 e. The normalized spacial score (nSPS) is 22.0. The monoisotopic (exact) mass is 312 g/mol. The highest BCUT2D eigenvalue weighted by molar-refractivity contribution is 5.33. The topological polar surface area (TPSA) is 45.6 Å². The number of benzene rings is 1. The van der Waals surface area contributed by atoms with Crippen molar-refractivity contribution in [2.45, 2.75) is 32.6 Å². The number of rotatable bonds is 5. The molecule has 0 bridgehead atoms. The van der Waals surface area contributed by atoms with Crippen LogP contribution >= 0.6 is 0 Å². The Hall–Kier alpha value is -1.91. The van der Waals surface area contributed by atoms with E-state index in [9.17, 15) is 5.11 Å². The lowest BCUT2D eigenvalue weighted by Gasteiger charge is -2.34. The van der Waals surface area contributed by atoms with Crippen molar-refractivity contribution < 1.29 is 9.84 Å². The van der Waals surface area contributed by atoms with E-state index in [4.69, 9.17) is 4.74 Å². The quantitative estimate of drug-likeness (QED) is 0.922. The molecule has 4 heteroatoms. The summed E-state index contributed by atoms with van der Waals surface area (Å²) >= 11 is 0. The van der Waals surface area contributed by atoms with Gasteiger partial charge in [-0.05, 0) is 30.5 Å². The minimum absolute atomic E-state index is 0.165. The Morgan fingerprint density at radius 1 is 1.22 bits per heavy atom. The third kappa shape index (κ3) is 4.30. The first-order chi connectivity index (χ1) is 11.2. The Morgan fingerprint density at radius 3 is 2.83 bits per heavy atom. The molecule has 3 rings (SSSR count). The van der Waals surface area contributed by atoms with Crippen LogP contribution in [0, 0.1) is 5.92 Å². The van der Waals surface area contributed by atoms with Gasteiger partial charge < -0.3 is 9.84 Å². The summed E-state index contributed by atoms with van der Waals surface area (Å²) in [5.74, 6) is 1.24. The Balaban J connectivity index is 1.64. The number of ether oxygens (including phenoxy) is 1. The Kier molecular flexibility index (Phi) is 5.26. The molecule has 0 unspecified atom stereocenters. The van der Waals surface area contributed by atoms with Gasteiger partial charge in [0.05, 0.1) is 11.8 Å². The molecular formula is C19H24N2O2. The molecule has 1 saturated heterocycles. The molecule has 4 nitrogen and oxygen atoms in total. The first-order valence-electron chi connectivity index (χ1n) is 8.23. The van der Waals surface area contributed by atoms with Crippen LogP contribution in [0.25, 0.3) is 0 Å². The number of aliphatic hydroxyl groups excluding tert-OH is 1. The van der Waals surface area contributed by atoms with E-state index >= 15 is 0 Å². The maximum Gasteiger partial charge on any atom is 0.130 e. The molecular weight excluding hydrogens is 288 g/mol. The predicted octanol–water partition coefficient (Wildman–Crippen LogP) is 2.86. The van der Waals surface area contributed by atoms with E-state index < -0.39 is 0 Å². The van der Waals surface area contributed by atoms with Gasteiger partial charge in [-0.2, -0.15) is 0 Å². The minimum atomic E-state index is -0.165. The summed E-state index contributed by atoms with van der Waals surface area (Å²) in [6, 6.07) is 14.0. The molecule has 0 amide bonds. The average molecular weight is 312 g/mol. The van der Waals surface area contributed by atoms with E-state index in [1.54, 1.807) is 6.20 Å². The predicted molar refractivity (Wildman–Crippen MR) is 90.1 cm³/mol. The lowest BCUT2D eigenvalue weighted by atomic mass is 9.96. The Morgan fingerprint density at radius 2 is 2.04 bits per heavy atom. The molecule has 1 aliphatic heterocycles. The van der Waals surface area contributed by atoms with Gasteiger partial charge in [0.25, 0.3) is 0 Å². The molecule has 0 spiro atoms. The van der Waals surface area contributed by atoms with E-state index in [0.717, 1.165) is 37.5 Å². The molecule has 0 saturated carbocycles. The standard InChI is InChI=1S/C19H24N2O2/c1-15-12-21(11-9-18(15)22)13-16-6-2-3-8-19(16)23-14-17-7-4-5-10-20-17/h2-8,10,15,18,22H,9,11-14H2,1H3/t15-,18+/m1/s1. The van der Waals surface area contributed by atoms with Crippen LogP contribution in [0.4, 0.5) is 0 Å². The molecule has 2 atom stereocenters. The van der Waals surface area contributed by atoms with E-state index in [2.05, 4.69) is 22.9 Å². The van der Waals surface area contributed by atoms with Gasteiger partial charge in [-0.1, -0.05) is 31.2 Å². The highest BCUT2D eigenvalue weighted by Gasteiger charge is 2.24. The van der Waals surface area contributed by atoms with Crippen molar-refractivity contribution in [3.8, 4) is 5.75 Å². The summed E-state index contributed by atoms with van der Waals surface area (Å²) in [4.78, 5) is 6.68. The molecule has 122 valence electrons. The molecule has 23 heavy (non-hydrogen) atoms. The molecule has 2 aromatic rings. The third-order valence-corrected chi connectivity index (χ3v) is 4.41. The second-order valence-corrected chi connectivity index (χ2v) is 6.29. The number of nitrogens with zero attached hydrogens (tertiary/aromatic N) is 2. The first-order valence-corrected chi connectivity index (χ1v) is 8.23. The summed E-state index contributed by atoms with van der Waals surface area (Å²) < 4.78 is 5.97. The second-order valence-electron chi connectivity index (χ2n) is 6.29. The van der Waals surface area contributed by atoms with Gasteiger partial charge in [0.2, 0.25) is 0 Å². The third-order valence-electron chi connectivity index (χ3n) is 4.41. The Labute approximate surface area is 137 Å². The fourth-order valence-electron chi connectivity index (χ4n) is 3.01. The van der Waals surface area contributed by atoms with E-state index in [1.807, 2.05) is 36.4 Å². The van der Waals surface area contributed by atoms with Crippen LogP contribution in [0.5, 0.6) is 5.75 Å². The van der Waals surface area contributed by atoms with Crippen LogP contribution in [-0.2, 0) is 13.2 Å². The molecule has 0 aliphatic carbocycles. The molecule has 1 fully saturated rings. The molecule has 1 aromatic heterocycles. The summed E-state index contributed by atoms with van der Waals surface area (Å²) in [7, 11) is 0. The number of piperidine rings is 1. The summed E-state index contributed by atoms with van der Waals surface area (Å²) in [5, 5.41) is 9.87. The van der Waals surface area contributed by atoms with Crippen molar-refractivity contribution in [2.75, 3.05) is 13.1 Å². The number of hydrogen-bond acceptors (Lipinski definition) is 4. The summed E-state index contributed by atoms with van der Waals surface area (Å²) in [6.45, 7) is 5.30. The SMILES string of the molecule is C[C@@H]1CN(Cc2ccccc2OCc2ccccn2)CC[C@@H]1O. The number of para-hydroxylation sites is 1. The van der Waals surface area contributed by atoms with Crippen LogP contribution in [0.3, 0.4) is 0 Å². The Bertz CT molecular complexity index is 618. The van der Waals surface area contributed by atoms with Gasteiger partial charge in [-0.3, -0.25) is 9.88 Å². The molecule has 2 heterocycles. The van der Waals surface area contributed by atoms with Crippen molar-refractivity contribution in [1.29, 1.82) is 0 Å². The maximum absolute atomic E-state index is 9.87. The van der Waals surface area contributed by atoms with Crippen LogP contribution < -0.4 is 4.74 Å². The van der Waals surface area contributed by atoms with E-state index in [0.29, 0.717) is 12.5 Å². The summed E-state index contributed by atoms with van der Waals surface area (Å²) in [6.07, 6.45) is 2.46. The van der Waals surface area contributed by atoms with Crippen molar-refractivity contribution in [1.82, 2.24) is 9.88 Å².